The van der Waals surface area contributed by atoms with Crippen LogP contribution in [0.4, 0.5) is 0 Å². The van der Waals surface area contributed by atoms with Gasteiger partial charge in [-0.25, -0.2) is 8.42 Å². The number of nitrogens with zero attached hydrogens (tertiary/aromatic N) is 2. The summed E-state index contributed by atoms with van der Waals surface area (Å²) in [7, 11) is -1.45. The van der Waals surface area contributed by atoms with Gasteiger partial charge in [0, 0.05) is 13.2 Å². The van der Waals surface area contributed by atoms with Crippen molar-refractivity contribution in [3.05, 3.63) is 18.0 Å². The van der Waals surface area contributed by atoms with Crippen LogP contribution in [-0.2, 0) is 16.9 Å². The zero-order valence-electron chi connectivity index (χ0n) is 9.20. The highest BCUT2D eigenvalue weighted by Gasteiger charge is 2.36. The molecule has 6 heteroatoms. The zero-order chi connectivity index (χ0) is 11.8. The maximum absolute atomic E-state index is 11.8. The monoisotopic (exact) mass is 244 g/mol. The summed E-state index contributed by atoms with van der Waals surface area (Å²) >= 11 is 0. The van der Waals surface area contributed by atoms with Crippen LogP contribution in [0.3, 0.4) is 0 Å². The van der Waals surface area contributed by atoms with E-state index >= 15 is 0 Å². The van der Waals surface area contributed by atoms with Gasteiger partial charge in [0.2, 0.25) is 0 Å². The van der Waals surface area contributed by atoms with Crippen LogP contribution in [0.15, 0.2) is 12.3 Å². The molecule has 0 bridgehead atoms. The number of hydrogen-bond acceptors (Lipinski definition) is 4. The molecule has 16 heavy (non-hydrogen) atoms. The minimum atomic E-state index is -3.16. The molecule has 0 spiro atoms. The predicted octanol–water partition coefficient (Wildman–Crippen LogP) is 0.421. The highest BCUT2D eigenvalue weighted by molar-refractivity contribution is 7.92. The SMILES string of the molecule is Cn1nccc1C(O)C1CCCCS1(=O)=O. The number of rotatable bonds is 2. The van der Waals surface area contributed by atoms with Gasteiger partial charge in [-0.2, -0.15) is 5.10 Å². The Kier molecular flexibility index (Phi) is 3.03. The van der Waals surface area contributed by atoms with Crippen LogP contribution in [0.5, 0.6) is 0 Å². The van der Waals surface area contributed by atoms with Crippen molar-refractivity contribution < 1.29 is 13.5 Å². The van der Waals surface area contributed by atoms with Crippen LogP contribution < -0.4 is 0 Å². The average Bonchev–Trinajstić information content (AvgIpc) is 2.63. The molecular weight excluding hydrogens is 228 g/mol. The summed E-state index contributed by atoms with van der Waals surface area (Å²) in [6, 6.07) is 1.66. The molecule has 0 saturated carbocycles. The summed E-state index contributed by atoms with van der Waals surface area (Å²) in [5.41, 5.74) is 0.565. The molecular formula is C10H16N2O3S. The molecule has 0 amide bonds. The molecule has 2 atom stereocenters. The summed E-state index contributed by atoms with van der Waals surface area (Å²) < 4.78 is 25.2. The van der Waals surface area contributed by atoms with Crippen molar-refractivity contribution in [2.24, 2.45) is 7.05 Å². The van der Waals surface area contributed by atoms with Gasteiger partial charge in [-0.1, -0.05) is 6.42 Å². The fraction of sp³-hybridized carbons (Fsp3) is 0.700. The average molecular weight is 244 g/mol. The van der Waals surface area contributed by atoms with Crippen LogP contribution in [0.2, 0.25) is 0 Å². The maximum Gasteiger partial charge on any atom is 0.156 e. The molecule has 2 rings (SSSR count). The lowest BCUT2D eigenvalue weighted by atomic mass is 10.1. The third kappa shape index (κ3) is 1.99. The number of hydrogen-bond donors (Lipinski definition) is 1. The standard InChI is InChI=1S/C10H16N2O3S/c1-12-8(5-6-11-12)10(13)9-4-2-3-7-16(9,14)15/h5-6,9-10,13H,2-4,7H2,1H3. The van der Waals surface area contributed by atoms with E-state index < -0.39 is 21.2 Å². The summed E-state index contributed by atoms with van der Waals surface area (Å²) in [4.78, 5) is 0. The van der Waals surface area contributed by atoms with Crippen LogP contribution >= 0.6 is 0 Å². The molecule has 1 aromatic heterocycles. The molecule has 90 valence electrons. The van der Waals surface area contributed by atoms with Crippen molar-refractivity contribution in [3.63, 3.8) is 0 Å². The Morgan fingerprint density at radius 3 is 2.88 bits per heavy atom. The molecule has 1 aliphatic rings. The maximum atomic E-state index is 11.8. The summed E-state index contributed by atoms with van der Waals surface area (Å²) in [6.07, 6.45) is 2.70. The fourth-order valence-corrected chi connectivity index (χ4v) is 4.17. The largest absolute Gasteiger partial charge is 0.385 e. The van der Waals surface area contributed by atoms with E-state index in [0.29, 0.717) is 18.5 Å². The topological polar surface area (TPSA) is 72.2 Å². The summed E-state index contributed by atoms with van der Waals surface area (Å²) in [5, 5.41) is 13.4. The van der Waals surface area contributed by atoms with E-state index in [1.54, 1.807) is 19.3 Å². The van der Waals surface area contributed by atoms with Gasteiger partial charge in [0.25, 0.3) is 0 Å². The zero-order valence-corrected chi connectivity index (χ0v) is 10.0. The molecule has 1 saturated heterocycles. The Morgan fingerprint density at radius 2 is 2.31 bits per heavy atom. The Bertz CT molecular complexity index is 466. The Morgan fingerprint density at radius 1 is 1.56 bits per heavy atom. The fourth-order valence-electron chi connectivity index (χ4n) is 2.20. The number of sulfone groups is 1. The lowest BCUT2D eigenvalue weighted by Gasteiger charge is -2.26. The lowest BCUT2D eigenvalue weighted by molar-refractivity contribution is 0.155. The first-order chi connectivity index (χ1) is 7.52. The molecule has 2 unspecified atom stereocenters. The van der Waals surface area contributed by atoms with Crippen molar-refractivity contribution in [1.82, 2.24) is 9.78 Å². The summed E-state index contributed by atoms with van der Waals surface area (Å²) in [6.45, 7) is 0. The highest BCUT2D eigenvalue weighted by Crippen LogP contribution is 2.30. The van der Waals surface area contributed by atoms with Gasteiger partial charge in [-0.3, -0.25) is 4.68 Å². The van der Waals surface area contributed by atoms with Crippen molar-refractivity contribution in [2.75, 3.05) is 5.75 Å². The van der Waals surface area contributed by atoms with Crippen LogP contribution in [-0.4, -0.2) is 34.3 Å². The van der Waals surface area contributed by atoms with Crippen molar-refractivity contribution in [1.29, 1.82) is 0 Å². The van der Waals surface area contributed by atoms with Crippen molar-refractivity contribution in [2.45, 2.75) is 30.6 Å². The van der Waals surface area contributed by atoms with E-state index in [1.165, 1.54) is 4.68 Å². The third-order valence-electron chi connectivity index (χ3n) is 3.14. The minimum absolute atomic E-state index is 0.187. The van der Waals surface area contributed by atoms with Gasteiger partial charge < -0.3 is 5.11 Å². The highest BCUT2D eigenvalue weighted by atomic mass is 32.2. The van der Waals surface area contributed by atoms with Crippen LogP contribution in [0.1, 0.15) is 31.1 Å². The molecule has 0 aromatic carbocycles. The van der Waals surface area contributed by atoms with Gasteiger partial charge in [-0.05, 0) is 18.9 Å². The number of aliphatic hydroxyl groups excluding tert-OH is 1. The normalized spacial score (nSPS) is 26.5. The Hall–Kier alpha value is -0.880. The van der Waals surface area contributed by atoms with Gasteiger partial charge in [-0.15, -0.1) is 0 Å². The van der Waals surface area contributed by atoms with Gasteiger partial charge in [0.15, 0.2) is 9.84 Å². The minimum Gasteiger partial charge on any atom is -0.385 e. The van der Waals surface area contributed by atoms with E-state index in [0.717, 1.165) is 6.42 Å². The predicted molar refractivity (Wildman–Crippen MR) is 59.6 cm³/mol. The van der Waals surface area contributed by atoms with Crippen LogP contribution in [0.25, 0.3) is 0 Å². The summed E-state index contributed by atoms with van der Waals surface area (Å²) in [5.74, 6) is 0.187. The van der Waals surface area contributed by atoms with E-state index in [1.807, 2.05) is 0 Å². The molecule has 1 aromatic rings. The molecule has 0 radical (unpaired) electrons. The van der Waals surface area contributed by atoms with Crippen molar-refractivity contribution in [3.8, 4) is 0 Å². The van der Waals surface area contributed by atoms with E-state index in [9.17, 15) is 13.5 Å². The van der Waals surface area contributed by atoms with Gasteiger partial charge in [0.05, 0.1) is 16.7 Å². The molecule has 0 aliphatic carbocycles. The molecule has 1 aliphatic heterocycles. The lowest BCUT2D eigenvalue weighted by Crippen LogP contribution is -2.34. The first-order valence-corrected chi connectivity index (χ1v) is 7.11. The second-order valence-corrected chi connectivity index (χ2v) is 6.57. The second kappa shape index (κ2) is 4.18. The molecule has 1 N–H and O–H groups in total. The van der Waals surface area contributed by atoms with E-state index in [4.69, 9.17) is 0 Å². The Labute approximate surface area is 95.0 Å². The molecule has 2 heterocycles. The Balaban J connectivity index is 2.28. The first kappa shape index (κ1) is 11.6. The second-order valence-electron chi connectivity index (χ2n) is 4.23. The number of aryl methyl sites for hydroxylation is 1. The first-order valence-electron chi connectivity index (χ1n) is 5.40. The van der Waals surface area contributed by atoms with Gasteiger partial charge in [0.1, 0.15) is 6.10 Å². The van der Waals surface area contributed by atoms with Gasteiger partial charge >= 0.3 is 0 Å². The van der Waals surface area contributed by atoms with E-state index in [-0.39, 0.29) is 5.75 Å². The number of aliphatic hydroxyl groups is 1. The third-order valence-corrected chi connectivity index (χ3v) is 5.42. The number of aromatic nitrogens is 2. The quantitative estimate of drug-likeness (QED) is 0.818. The van der Waals surface area contributed by atoms with Crippen LogP contribution in [0, 0.1) is 0 Å². The van der Waals surface area contributed by atoms with E-state index in [2.05, 4.69) is 5.10 Å². The van der Waals surface area contributed by atoms with Crippen molar-refractivity contribution >= 4 is 9.84 Å². The molecule has 5 nitrogen and oxygen atoms in total. The smallest absolute Gasteiger partial charge is 0.156 e. The molecule has 1 fully saturated rings.